The zero-order valence-electron chi connectivity index (χ0n) is 16.5. The molecule has 2 heterocycles. The number of aryl methyl sites for hydroxylation is 1. The van der Waals surface area contributed by atoms with E-state index in [1.54, 1.807) is 0 Å². The van der Waals surface area contributed by atoms with Gasteiger partial charge in [0.15, 0.2) is 0 Å². The molecule has 0 N–H and O–H groups in total. The fourth-order valence-electron chi connectivity index (χ4n) is 3.31. The number of nitrogens with zero attached hydrogens (tertiary/aromatic N) is 5. The van der Waals surface area contributed by atoms with Gasteiger partial charge in [0.05, 0.1) is 23.1 Å². The third kappa shape index (κ3) is 4.26. The lowest BCUT2D eigenvalue weighted by Crippen LogP contribution is -2.48. The summed E-state index contributed by atoms with van der Waals surface area (Å²) in [5.41, 5.74) is 2.49. The molecule has 30 heavy (non-hydrogen) atoms. The van der Waals surface area contributed by atoms with Crippen molar-refractivity contribution in [3.05, 3.63) is 65.5 Å². The van der Waals surface area contributed by atoms with Crippen LogP contribution >= 0.6 is 0 Å². The second-order valence-corrected chi connectivity index (χ2v) is 9.13. The van der Waals surface area contributed by atoms with Crippen LogP contribution in [0.5, 0.6) is 0 Å². The van der Waals surface area contributed by atoms with Gasteiger partial charge in [-0.2, -0.15) is 14.6 Å². The molecule has 0 unspecified atom stereocenters. The van der Waals surface area contributed by atoms with Crippen LogP contribution in [-0.4, -0.2) is 53.9 Å². The number of rotatable bonds is 5. The Kier molecular flexibility index (Phi) is 5.63. The van der Waals surface area contributed by atoms with Crippen molar-refractivity contribution in [3.63, 3.8) is 0 Å². The SMILES string of the molecule is Cc1ccc(-c2noc(CN3CCN(S(=O)(=O)c4ccc(C#N)cc4)CC3)n2)cc1. The van der Waals surface area contributed by atoms with E-state index in [-0.39, 0.29) is 4.90 Å². The van der Waals surface area contributed by atoms with E-state index in [9.17, 15) is 8.42 Å². The molecular weight excluding hydrogens is 402 g/mol. The molecule has 1 saturated heterocycles. The fraction of sp³-hybridized carbons (Fsp3) is 0.286. The minimum atomic E-state index is -3.57. The van der Waals surface area contributed by atoms with Crippen molar-refractivity contribution in [1.82, 2.24) is 19.3 Å². The molecule has 0 atom stereocenters. The van der Waals surface area contributed by atoms with Crippen LogP contribution in [0, 0.1) is 18.3 Å². The van der Waals surface area contributed by atoms with Gasteiger partial charge in [0.1, 0.15) is 0 Å². The first-order valence-electron chi connectivity index (χ1n) is 9.58. The van der Waals surface area contributed by atoms with E-state index >= 15 is 0 Å². The van der Waals surface area contributed by atoms with E-state index in [0.29, 0.717) is 50.0 Å². The van der Waals surface area contributed by atoms with Gasteiger partial charge in [0.2, 0.25) is 21.7 Å². The Morgan fingerprint density at radius 1 is 1.03 bits per heavy atom. The average molecular weight is 423 g/mol. The Morgan fingerprint density at radius 3 is 2.33 bits per heavy atom. The molecular formula is C21H21N5O3S. The van der Waals surface area contributed by atoms with Crippen LogP contribution in [0.15, 0.2) is 57.9 Å². The minimum absolute atomic E-state index is 0.203. The maximum absolute atomic E-state index is 12.8. The second kappa shape index (κ2) is 8.36. The molecule has 9 heteroatoms. The number of hydrogen-bond donors (Lipinski definition) is 0. The van der Waals surface area contributed by atoms with Gasteiger partial charge in [-0.05, 0) is 31.2 Å². The lowest BCUT2D eigenvalue weighted by Gasteiger charge is -2.33. The third-order valence-electron chi connectivity index (χ3n) is 5.09. The Bertz CT molecular complexity index is 1160. The molecule has 1 aromatic heterocycles. The Morgan fingerprint density at radius 2 is 1.70 bits per heavy atom. The van der Waals surface area contributed by atoms with E-state index in [1.165, 1.54) is 28.6 Å². The highest BCUT2D eigenvalue weighted by Crippen LogP contribution is 2.20. The minimum Gasteiger partial charge on any atom is -0.338 e. The Labute approximate surface area is 175 Å². The smallest absolute Gasteiger partial charge is 0.243 e. The zero-order chi connectivity index (χ0) is 21.1. The van der Waals surface area contributed by atoms with Crippen LogP contribution < -0.4 is 0 Å². The van der Waals surface area contributed by atoms with Crippen LogP contribution in [0.1, 0.15) is 17.0 Å². The standard InChI is InChI=1S/C21H21N5O3S/c1-16-2-6-18(7-3-16)21-23-20(29-24-21)15-25-10-12-26(13-11-25)30(27,28)19-8-4-17(14-22)5-9-19/h2-9H,10-13,15H2,1H3. The van der Waals surface area contributed by atoms with Gasteiger partial charge in [-0.15, -0.1) is 0 Å². The van der Waals surface area contributed by atoms with Crippen LogP contribution in [0.3, 0.4) is 0 Å². The number of benzene rings is 2. The summed E-state index contributed by atoms with van der Waals surface area (Å²) in [5.74, 6) is 1.06. The second-order valence-electron chi connectivity index (χ2n) is 7.19. The maximum atomic E-state index is 12.8. The highest BCUT2D eigenvalue weighted by Gasteiger charge is 2.29. The molecule has 3 aromatic rings. The van der Waals surface area contributed by atoms with E-state index in [1.807, 2.05) is 37.3 Å². The first-order chi connectivity index (χ1) is 14.5. The van der Waals surface area contributed by atoms with Crippen molar-refractivity contribution in [3.8, 4) is 17.5 Å². The number of nitriles is 1. The Balaban J connectivity index is 1.37. The van der Waals surface area contributed by atoms with Gasteiger partial charge in [-0.1, -0.05) is 35.0 Å². The monoisotopic (exact) mass is 423 g/mol. The van der Waals surface area contributed by atoms with Gasteiger partial charge < -0.3 is 4.52 Å². The van der Waals surface area contributed by atoms with Gasteiger partial charge in [-0.3, -0.25) is 4.90 Å². The van der Waals surface area contributed by atoms with E-state index in [4.69, 9.17) is 9.78 Å². The van der Waals surface area contributed by atoms with Crippen molar-refractivity contribution < 1.29 is 12.9 Å². The van der Waals surface area contributed by atoms with Crippen molar-refractivity contribution in [2.24, 2.45) is 0 Å². The molecule has 2 aromatic carbocycles. The summed E-state index contributed by atoms with van der Waals surface area (Å²) < 4.78 is 32.5. The maximum Gasteiger partial charge on any atom is 0.243 e. The van der Waals surface area contributed by atoms with Gasteiger partial charge in [0.25, 0.3) is 0 Å². The van der Waals surface area contributed by atoms with E-state index in [2.05, 4.69) is 15.0 Å². The average Bonchev–Trinajstić information content (AvgIpc) is 3.23. The molecule has 154 valence electrons. The fourth-order valence-corrected chi connectivity index (χ4v) is 4.73. The topological polar surface area (TPSA) is 103 Å². The van der Waals surface area contributed by atoms with Crippen molar-refractivity contribution in [2.75, 3.05) is 26.2 Å². The highest BCUT2D eigenvalue weighted by molar-refractivity contribution is 7.89. The molecule has 8 nitrogen and oxygen atoms in total. The summed E-state index contributed by atoms with van der Waals surface area (Å²) in [6.45, 7) is 4.38. The van der Waals surface area contributed by atoms with Crippen molar-refractivity contribution in [1.29, 1.82) is 5.26 Å². The summed E-state index contributed by atoms with van der Waals surface area (Å²) in [4.78, 5) is 6.76. The van der Waals surface area contributed by atoms with Crippen LogP contribution in [0.4, 0.5) is 0 Å². The molecule has 0 radical (unpaired) electrons. The van der Waals surface area contributed by atoms with Crippen LogP contribution in [0.25, 0.3) is 11.4 Å². The molecule has 0 saturated carbocycles. The van der Waals surface area contributed by atoms with E-state index in [0.717, 1.165) is 11.1 Å². The predicted octanol–water partition coefficient (Wildman–Crippen LogP) is 2.42. The molecule has 0 spiro atoms. The third-order valence-corrected chi connectivity index (χ3v) is 7.00. The van der Waals surface area contributed by atoms with Gasteiger partial charge in [0, 0.05) is 31.7 Å². The van der Waals surface area contributed by atoms with Crippen LogP contribution in [0.2, 0.25) is 0 Å². The number of sulfonamides is 1. The first-order valence-corrected chi connectivity index (χ1v) is 11.0. The quantitative estimate of drug-likeness (QED) is 0.621. The normalized spacial score (nSPS) is 15.7. The lowest BCUT2D eigenvalue weighted by atomic mass is 10.1. The van der Waals surface area contributed by atoms with Gasteiger partial charge >= 0.3 is 0 Å². The largest absolute Gasteiger partial charge is 0.338 e. The molecule has 0 bridgehead atoms. The number of piperazine rings is 1. The predicted molar refractivity (Wildman–Crippen MR) is 110 cm³/mol. The molecule has 0 aliphatic carbocycles. The molecule has 1 fully saturated rings. The summed E-state index contributed by atoms with van der Waals surface area (Å²) in [5, 5.41) is 12.9. The molecule has 1 aliphatic rings. The highest BCUT2D eigenvalue weighted by atomic mass is 32.2. The van der Waals surface area contributed by atoms with Crippen molar-refractivity contribution >= 4 is 10.0 Å². The zero-order valence-corrected chi connectivity index (χ0v) is 17.3. The summed E-state index contributed by atoms with van der Waals surface area (Å²) >= 11 is 0. The van der Waals surface area contributed by atoms with Crippen LogP contribution in [-0.2, 0) is 16.6 Å². The number of hydrogen-bond acceptors (Lipinski definition) is 7. The first kappa shape index (κ1) is 20.2. The number of aromatic nitrogens is 2. The molecule has 0 amide bonds. The van der Waals surface area contributed by atoms with E-state index < -0.39 is 10.0 Å². The summed E-state index contributed by atoms with van der Waals surface area (Å²) in [6.07, 6.45) is 0. The van der Waals surface area contributed by atoms with Crippen molar-refractivity contribution in [2.45, 2.75) is 18.4 Å². The van der Waals surface area contributed by atoms with Gasteiger partial charge in [-0.25, -0.2) is 8.42 Å². The molecule has 4 rings (SSSR count). The Hall–Kier alpha value is -3.06. The lowest BCUT2D eigenvalue weighted by molar-refractivity contribution is 0.163. The summed E-state index contributed by atoms with van der Waals surface area (Å²) in [7, 11) is -3.57. The summed E-state index contributed by atoms with van der Waals surface area (Å²) in [6, 6.07) is 15.9. The molecule has 1 aliphatic heterocycles.